The van der Waals surface area contributed by atoms with E-state index in [-0.39, 0.29) is 0 Å². The minimum atomic E-state index is 0.431. The highest BCUT2D eigenvalue weighted by molar-refractivity contribution is 5.12. The molecule has 178 valence electrons. The Morgan fingerprint density at radius 3 is 2.16 bits per heavy atom. The molecule has 1 heteroatoms. The fourth-order valence-electron chi connectivity index (χ4n) is 9.93. The largest absolute Gasteiger partial charge is 0.396 e. The molecule has 0 aromatic carbocycles. The zero-order chi connectivity index (χ0) is 22.4. The fourth-order valence-corrected chi connectivity index (χ4v) is 9.93. The summed E-state index contributed by atoms with van der Waals surface area (Å²) in [5, 5.41) is 9.95. The first-order valence-corrected chi connectivity index (χ1v) is 14.1. The van der Waals surface area contributed by atoms with Crippen molar-refractivity contribution in [3.8, 4) is 0 Å². The molecule has 9 unspecified atom stereocenters. The van der Waals surface area contributed by atoms with Gasteiger partial charge in [-0.05, 0) is 122 Å². The summed E-state index contributed by atoms with van der Waals surface area (Å²) < 4.78 is 0. The molecule has 0 aromatic heterocycles. The van der Waals surface area contributed by atoms with Gasteiger partial charge in [0.25, 0.3) is 0 Å². The lowest BCUT2D eigenvalue weighted by Crippen LogP contribution is -2.51. The summed E-state index contributed by atoms with van der Waals surface area (Å²) in [5.41, 5.74) is 1.08. The summed E-state index contributed by atoms with van der Waals surface area (Å²) in [7, 11) is 0. The summed E-state index contributed by atoms with van der Waals surface area (Å²) in [6.45, 7) is 15.4. The number of rotatable bonds is 7. The van der Waals surface area contributed by atoms with Crippen molar-refractivity contribution < 1.29 is 5.11 Å². The van der Waals surface area contributed by atoms with E-state index >= 15 is 0 Å². The number of aliphatic hydroxyl groups excluding tert-OH is 1. The second-order valence-electron chi connectivity index (χ2n) is 13.0. The van der Waals surface area contributed by atoms with Crippen LogP contribution in [0.25, 0.3) is 0 Å². The predicted octanol–water partition coefficient (Wildman–Crippen LogP) is 8.13. The molecule has 0 saturated heterocycles. The molecule has 0 amide bonds. The maximum Gasteiger partial charge on any atom is 0.0462 e. The van der Waals surface area contributed by atoms with Crippen molar-refractivity contribution in [3.63, 3.8) is 0 Å². The molecule has 4 fully saturated rings. The van der Waals surface area contributed by atoms with Gasteiger partial charge < -0.3 is 5.11 Å². The van der Waals surface area contributed by atoms with Crippen LogP contribution in [-0.2, 0) is 0 Å². The Bertz CT molecular complexity index is 638. The van der Waals surface area contributed by atoms with E-state index in [1.165, 1.54) is 64.2 Å². The molecule has 4 aliphatic carbocycles. The molecule has 1 N–H and O–H groups in total. The van der Waals surface area contributed by atoms with E-state index in [1.807, 2.05) is 0 Å². The first-order chi connectivity index (χ1) is 14.8. The number of allylic oxidation sites excluding steroid dienone is 2. The lowest BCUT2D eigenvalue weighted by Gasteiger charge is -2.58. The average molecular weight is 429 g/mol. The Balaban J connectivity index is 1.48. The average Bonchev–Trinajstić information content (AvgIpc) is 3.30. The van der Waals surface area contributed by atoms with Crippen molar-refractivity contribution in [2.45, 2.75) is 106 Å². The predicted molar refractivity (Wildman–Crippen MR) is 133 cm³/mol. The molecule has 1 nitrogen and oxygen atoms in total. The highest BCUT2D eigenvalue weighted by atomic mass is 16.3. The van der Waals surface area contributed by atoms with Crippen LogP contribution in [0.3, 0.4) is 0 Å². The van der Waals surface area contributed by atoms with E-state index in [0.29, 0.717) is 23.4 Å². The van der Waals surface area contributed by atoms with Crippen LogP contribution in [0.2, 0.25) is 0 Å². The van der Waals surface area contributed by atoms with E-state index in [1.54, 1.807) is 0 Å². The van der Waals surface area contributed by atoms with Crippen molar-refractivity contribution in [3.05, 3.63) is 12.2 Å². The zero-order valence-electron chi connectivity index (χ0n) is 21.6. The van der Waals surface area contributed by atoms with Gasteiger partial charge >= 0.3 is 0 Å². The van der Waals surface area contributed by atoms with Gasteiger partial charge in [0.15, 0.2) is 0 Å². The van der Waals surface area contributed by atoms with Gasteiger partial charge in [-0.3, -0.25) is 0 Å². The minimum Gasteiger partial charge on any atom is -0.396 e. The van der Waals surface area contributed by atoms with Crippen LogP contribution in [0, 0.1) is 64.1 Å². The Kier molecular flexibility index (Phi) is 7.04. The summed E-state index contributed by atoms with van der Waals surface area (Å²) in [5.74, 6) is 7.40. The molecule has 0 bridgehead atoms. The summed E-state index contributed by atoms with van der Waals surface area (Å²) in [6, 6.07) is 0. The van der Waals surface area contributed by atoms with Crippen LogP contribution in [0.15, 0.2) is 12.2 Å². The van der Waals surface area contributed by atoms with Crippen molar-refractivity contribution in [1.82, 2.24) is 0 Å². The van der Waals surface area contributed by atoms with Crippen molar-refractivity contribution in [2.24, 2.45) is 64.1 Å². The van der Waals surface area contributed by atoms with Crippen LogP contribution >= 0.6 is 0 Å². The van der Waals surface area contributed by atoms with E-state index in [2.05, 4.69) is 53.7 Å². The maximum atomic E-state index is 9.95. The molecule has 4 aliphatic rings. The molecule has 0 heterocycles. The quantitative estimate of drug-likeness (QED) is 0.406. The van der Waals surface area contributed by atoms with Gasteiger partial charge in [-0.25, -0.2) is 0 Å². The third-order valence-electron chi connectivity index (χ3n) is 12.0. The van der Waals surface area contributed by atoms with Crippen LogP contribution in [0.4, 0.5) is 0 Å². The molecule has 4 saturated carbocycles. The summed E-state index contributed by atoms with van der Waals surface area (Å²) >= 11 is 0. The van der Waals surface area contributed by atoms with Crippen molar-refractivity contribution in [1.29, 1.82) is 0 Å². The highest BCUT2D eigenvalue weighted by Gasteiger charge is 2.61. The van der Waals surface area contributed by atoms with Crippen molar-refractivity contribution in [2.75, 3.05) is 6.61 Å². The third kappa shape index (κ3) is 3.87. The van der Waals surface area contributed by atoms with Crippen molar-refractivity contribution >= 4 is 0 Å². The molecular formula is C30H52O. The van der Waals surface area contributed by atoms with E-state index in [9.17, 15) is 5.11 Å². The molecule has 31 heavy (non-hydrogen) atoms. The normalized spacial score (nSPS) is 47.6. The van der Waals surface area contributed by atoms with Gasteiger partial charge in [-0.15, -0.1) is 0 Å². The molecule has 11 atom stereocenters. The Hall–Kier alpha value is -0.300. The molecule has 0 radical (unpaired) electrons. The van der Waals surface area contributed by atoms with E-state index < -0.39 is 0 Å². The Morgan fingerprint density at radius 2 is 1.48 bits per heavy atom. The van der Waals surface area contributed by atoms with Crippen LogP contribution in [0.1, 0.15) is 106 Å². The first kappa shape index (κ1) is 23.8. The van der Waals surface area contributed by atoms with Gasteiger partial charge in [0.05, 0.1) is 0 Å². The van der Waals surface area contributed by atoms with Crippen LogP contribution in [0.5, 0.6) is 0 Å². The van der Waals surface area contributed by atoms with Gasteiger partial charge in [-0.2, -0.15) is 0 Å². The lowest BCUT2D eigenvalue weighted by molar-refractivity contribution is -0.0956. The Morgan fingerprint density at radius 1 is 0.806 bits per heavy atom. The fraction of sp³-hybridized carbons (Fsp3) is 0.933. The summed E-state index contributed by atoms with van der Waals surface area (Å²) in [4.78, 5) is 0. The smallest absolute Gasteiger partial charge is 0.0462 e. The van der Waals surface area contributed by atoms with Gasteiger partial charge in [0, 0.05) is 6.61 Å². The first-order valence-electron chi connectivity index (χ1n) is 14.1. The number of fused-ring (bicyclic) bond motifs is 5. The van der Waals surface area contributed by atoms with Crippen LogP contribution in [-0.4, -0.2) is 11.7 Å². The van der Waals surface area contributed by atoms with E-state index in [0.717, 1.165) is 47.3 Å². The lowest BCUT2D eigenvalue weighted by atomic mass is 9.47. The Labute approximate surface area is 193 Å². The van der Waals surface area contributed by atoms with E-state index in [4.69, 9.17) is 0 Å². The second kappa shape index (κ2) is 9.15. The van der Waals surface area contributed by atoms with Crippen LogP contribution < -0.4 is 0 Å². The zero-order valence-corrected chi connectivity index (χ0v) is 21.6. The molecule has 0 aliphatic heterocycles. The maximum absolute atomic E-state index is 9.95. The second-order valence-corrected chi connectivity index (χ2v) is 13.0. The molecule has 0 aromatic rings. The number of aliphatic hydroxyl groups is 1. The molecule has 0 spiro atoms. The SMILES string of the molecule is CCC(C)C(/C=C/[C@@H](C)C1CCC2C3CCC4[C@@H](CO)CCC4(C)C3CCC21C)CC. The number of hydrogen-bond acceptors (Lipinski definition) is 1. The highest BCUT2D eigenvalue weighted by Crippen LogP contribution is 2.69. The third-order valence-corrected chi connectivity index (χ3v) is 12.0. The van der Waals surface area contributed by atoms with Gasteiger partial charge in [0.2, 0.25) is 0 Å². The molecule has 4 rings (SSSR count). The monoisotopic (exact) mass is 428 g/mol. The topological polar surface area (TPSA) is 20.2 Å². The molecular weight excluding hydrogens is 376 g/mol. The summed E-state index contributed by atoms with van der Waals surface area (Å²) in [6.07, 6.45) is 19.1. The van der Waals surface area contributed by atoms with Gasteiger partial charge in [0.1, 0.15) is 0 Å². The number of hydrogen-bond donors (Lipinski definition) is 1. The standard InChI is InChI=1S/C30H52O/c1-7-20(3)22(8-2)10-9-21(4)25-13-14-27-24-11-12-26-23(19-31)15-17-30(26,6)28(24)16-18-29(25,27)5/h9-10,20-28,31H,7-8,11-19H2,1-6H3/b10-9+/t20?,21-,22?,23-,24?,25?,26?,27?,28?,29?,30?/m1/s1. The van der Waals surface area contributed by atoms with Gasteiger partial charge in [-0.1, -0.05) is 60.1 Å². The minimum absolute atomic E-state index is 0.431.